The summed E-state index contributed by atoms with van der Waals surface area (Å²) < 4.78 is 86.8. The number of ketones is 1. The Hall–Kier alpha value is -4.21. The van der Waals surface area contributed by atoms with E-state index in [2.05, 4.69) is 9.71 Å². The van der Waals surface area contributed by atoms with Crippen molar-refractivity contribution in [2.24, 2.45) is 29.1 Å². The molecule has 2 aromatic rings. The normalized spacial score (nSPS) is 29.1. The molecular formula is C42H54F3N3O9S. The van der Waals surface area contributed by atoms with Gasteiger partial charge in [-0.25, -0.2) is 13.4 Å². The Morgan fingerprint density at radius 3 is 2.41 bits per heavy atom. The van der Waals surface area contributed by atoms with Crippen molar-refractivity contribution >= 4 is 44.4 Å². The smallest absolute Gasteiger partial charge is 0.427 e. The number of amides is 2. The van der Waals surface area contributed by atoms with E-state index in [1.54, 1.807) is 6.07 Å². The van der Waals surface area contributed by atoms with E-state index in [1.165, 1.54) is 11.1 Å². The van der Waals surface area contributed by atoms with Gasteiger partial charge in [-0.1, -0.05) is 50.6 Å². The molecule has 2 aliphatic heterocycles. The number of benzene rings is 1. The number of fused-ring (bicyclic) bond motifs is 3. The van der Waals surface area contributed by atoms with Crippen LogP contribution in [-0.2, 0) is 33.9 Å². The van der Waals surface area contributed by atoms with E-state index in [1.807, 2.05) is 51.1 Å². The number of ether oxygens (including phenoxy) is 3. The van der Waals surface area contributed by atoms with Crippen molar-refractivity contribution in [1.29, 1.82) is 0 Å². The van der Waals surface area contributed by atoms with Gasteiger partial charge in [0.25, 0.3) is 0 Å². The van der Waals surface area contributed by atoms with Crippen LogP contribution in [0, 0.1) is 29.1 Å². The molecule has 16 heteroatoms. The number of rotatable bonds is 11. The molecule has 7 atom stereocenters. The van der Waals surface area contributed by atoms with Crippen LogP contribution in [0.25, 0.3) is 10.8 Å². The van der Waals surface area contributed by atoms with Crippen LogP contribution in [0.2, 0.25) is 0 Å². The molecule has 58 heavy (non-hydrogen) atoms. The molecule has 1 N–H and O–H groups in total. The minimum atomic E-state index is -4.86. The second-order valence-electron chi connectivity index (χ2n) is 17.0. The van der Waals surface area contributed by atoms with Crippen LogP contribution in [0.4, 0.5) is 13.2 Å². The molecule has 0 spiro atoms. The molecule has 1 saturated heterocycles. The number of Topliss-reactive ketones (excluding diaryl/α,β-unsaturated/α-hetero) is 1. The number of hydrogen-bond acceptors (Lipinski definition) is 10. The topological polar surface area (TPSA) is 158 Å². The molecule has 2 amide bonds. The molecule has 3 fully saturated rings. The molecule has 0 unspecified atom stereocenters. The SMILES string of the molecule is CCOc1cnc(O[C@@H]2C[C@H]3C(=O)C[C@]4(C(=O)NS(=O)(=O)C5CC5)C[C@H]4/C=C\CC[C@H](C)C[C@@H](CC)[C@H](CC(=O)OC(C)(C)C(F)(F)F)C(=O)N3C2)c2ccccc12. The highest BCUT2D eigenvalue weighted by Crippen LogP contribution is 2.57. The van der Waals surface area contributed by atoms with E-state index in [0.29, 0.717) is 56.3 Å². The summed E-state index contributed by atoms with van der Waals surface area (Å²) in [5.74, 6) is -4.26. The van der Waals surface area contributed by atoms with Crippen LogP contribution in [0.15, 0.2) is 42.6 Å². The number of hydrogen-bond donors (Lipinski definition) is 1. The number of allylic oxidation sites excluding steroid dienone is 2. The van der Waals surface area contributed by atoms with Crippen LogP contribution in [0.3, 0.4) is 0 Å². The average molecular weight is 834 g/mol. The van der Waals surface area contributed by atoms with Crippen LogP contribution < -0.4 is 14.2 Å². The molecule has 12 nitrogen and oxygen atoms in total. The minimum absolute atomic E-state index is 0.0160. The van der Waals surface area contributed by atoms with Crippen molar-refractivity contribution in [3.63, 3.8) is 0 Å². The van der Waals surface area contributed by atoms with E-state index >= 15 is 0 Å². The molecule has 4 aliphatic rings. The van der Waals surface area contributed by atoms with Gasteiger partial charge in [0, 0.05) is 23.6 Å². The summed E-state index contributed by atoms with van der Waals surface area (Å²) in [7, 11) is -3.93. The molecule has 1 aromatic carbocycles. The van der Waals surface area contributed by atoms with Crippen LogP contribution >= 0.6 is 0 Å². The zero-order valence-electron chi connectivity index (χ0n) is 33.7. The van der Waals surface area contributed by atoms with Crippen LogP contribution in [-0.4, -0.2) is 84.2 Å². The van der Waals surface area contributed by atoms with Gasteiger partial charge in [0.05, 0.1) is 48.4 Å². The van der Waals surface area contributed by atoms with Crippen molar-refractivity contribution in [2.45, 2.75) is 128 Å². The molecule has 0 bridgehead atoms. The second kappa shape index (κ2) is 16.8. The first kappa shape index (κ1) is 43.4. The molecular weight excluding hydrogens is 780 g/mol. The third-order valence-electron chi connectivity index (χ3n) is 12.2. The Kier molecular flexibility index (Phi) is 12.6. The Labute approximate surface area is 337 Å². The molecule has 6 rings (SSSR count). The van der Waals surface area contributed by atoms with Gasteiger partial charge in [0.15, 0.2) is 5.78 Å². The molecule has 2 aliphatic carbocycles. The summed E-state index contributed by atoms with van der Waals surface area (Å²) >= 11 is 0. The lowest BCUT2D eigenvalue weighted by molar-refractivity contribution is -0.257. The Morgan fingerprint density at radius 1 is 1.05 bits per heavy atom. The number of alkyl halides is 3. The second-order valence-corrected chi connectivity index (χ2v) is 18.9. The highest BCUT2D eigenvalue weighted by atomic mass is 32.2. The minimum Gasteiger partial charge on any atom is -0.492 e. The summed E-state index contributed by atoms with van der Waals surface area (Å²) in [4.78, 5) is 62.7. The third kappa shape index (κ3) is 9.31. The maximum atomic E-state index is 15.0. The first-order valence-corrected chi connectivity index (χ1v) is 21.9. The number of nitrogens with one attached hydrogen (secondary N) is 1. The Bertz CT molecular complexity index is 2040. The van der Waals surface area contributed by atoms with Gasteiger partial charge < -0.3 is 19.1 Å². The van der Waals surface area contributed by atoms with Crippen molar-refractivity contribution in [1.82, 2.24) is 14.6 Å². The lowest BCUT2D eigenvalue weighted by Crippen LogP contribution is -2.48. The Morgan fingerprint density at radius 2 is 1.76 bits per heavy atom. The standard InChI is InChI=1S/C42H54F3N3O9S/c1-6-26-18-25(3)12-8-9-13-27-21-41(27,39(52)47-58(53,54)29-16-17-29)22-34(49)33-19-28(56-37-31-15-11-10-14-30(31)35(23-46-37)55-7-2)24-48(33)38(51)32(26)20-36(50)57-40(4,5)42(43,44)45/h9-11,13-15,23,25-29,32-33H,6-8,12,16-22,24H2,1-5H3,(H,47,52)/b13-9-/t25-,26+,27+,28+,32-,33-,41+/m0/s1. The lowest BCUT2D eigenvalue weighted by atomic mass is 9.79. The van der Waals surface area contributed by atoms with E-state index in [9.17, 15) is 40.8 Å². The average Bonchev–Trinajstić information content (AvgIpc) is 4.08. The van der Waals surface area contributed by atoms with Crippen molar-refractivity contribution in [3.05, 3.63) is 42.6 Å². The molecule has 3 heterocycles. The summed E-state index contributed by atoms with van der Waals surface area (Å²) in [6.45, 7) is 7.47. The van der Waals surface area contributed by atoms with Gasteiger partial charge in [-0.05, 0) is 83.1 Å². The number of carbonyl (C=O) groups excluding carboxylic acids is 4. The number of pyridine rings is 1. The Balaban J connectivity index is 1.37. The fourth-order valence-electron chi connectivity index (χ4n) is 8.47. The number of aromatic nitrogens is 1. The zero-order chi connectivity index (χ0) is 42.2. The van der Waals surface area contributed by atoms with Crippen LogP contribution in [0.5, 0.6) is 11.6 Å². The molecule has 2 saturated carbocycles. The predicted molar refractivity (Wildman–Crippen MR) is 208 cm³/mol. The highest BCUT2D eigenvalue weighted by Gasteiger charge is 2.62. The first-order valence-electron chi connectivity index (χ1n) is 20.3. The number of sulfonamides is 1. The van der Waals surface area contributed by atoms with E-state index in [-0.39, 0.29) is 37.6 Å². The summed E-state index contributed by atoms with van der Waals surface area (Å²) in [6, 6.07) is 6.15. The summed E-state index contributed by atoms with van der Waals surface area (Å²) in [5.41, 5.74) is -4.17. The van der Waals surface area contributed by atoms with Gasteiger partial charge in [-0.3, -0.25) is 23.9 Å². The first-order chi connectivity index (χ1) is 27.3. The maximum absolute atomic E-state index is 15.0. The number of carbonyl (C=O) groups is 4. The quantitative estimate of drug-likeness (QED) is 0.188. The van der Waals surface area contributed by atoms with Crippen molar-refractivity contribution < 1.29 is 55.0 Å². The molecule has 0 radical (unpaired) electrons. The van der Waals surface area contributed by atoms with Gasteiger partial charge in [-0.2, -0.15) is 13.2 Å². The van der Waals surface area contributed by atoms with Gasteiger partial charge in [0.2, 0.25) is 33.3 Å². The van der Waals surface area contributed by atoms with Gasteiger partial charge in [-0.15, -0.1) is 0 Å². The third-order valence-corrected chi connectivity index (χ3v) is 14.1. The maximum Gasteiger partial charge on any atom is 0.427 e. The fourth-order valence-corrected chi connectivity index (χ4v) is 9.86. The molecule has 318 valence electrons. The zero-order valence-corrected chi connectivity index (χ0v) is 34.5. The predicted octanol–water partition coefficient (Wildman–Crippen LogP) is 6.85. The number of esters is 1. The van der Waals surface area contributed by atoms with E-state index < -0.39 is 92.4 Å². The van der Waals surface area contributed by atoms with E-state index in [0.717, 1.165) is 19.2 Å². The van der Waals surface area contributed by atoms with E-state index in [4.69, 9.17) is 14.2 Å². The number of halogens is 3. The summed E-state index contributed by atoms with van der Waals surface area (Å²) in [5, 5.41) is 0.699. The van der Waals surface area contributed by atoms with Gasteiger partial charge >= 0.3 is 12.1 Å². The summed E-state index contributed by atoms with van der Waals surface area (Å²) in [6.07, 6.45) is 1.92. The fraction of sp³-hybridized carbons (Fsp3) is 0.643. The molecule has 1 aromatic heterocycles. The largest absolute Gasteiger partial charge is 0.492 e. The number of nitrogens with zero attached hydrogens (tertiary/aromatic N) is 2. The van der Waals surface area contributed by atoms with Crippen LogP contribution in [0.1, 0.15) is 98.8 Å². The monoisotopic (exact) mass is 833 g/mol. The van der Waals surface area contributed by atoms with Crippen molar-refractivity contribution in [2.75, 3.05) is 13.2 Å². The van der Waals surface area contributed by atoms with Gasteiger partial charge in [0.1, 0.15) is 11.9 Å². The van der Waals surface area contributed by atoms with Crippen molar-refractivity contribution in [3.8, 4) is 11.6 Å². The lowest BCUT2D eigenvalue weighted by Gasteiger charge is -2.34. The highest BCUT2D eigenvalue weighted by molar-refractivity contribution is 7.90.